The van der Waals surface area contributed by atoms with E-state index in [-0.39, 0.29) is 18.0 Å². The summed E-state index contributed by atoms with van der Waals surface area (Å²) >= 11 is 0. The number of imidazole rings is 1. The van der Waals surface area contributed by atoms with Gasteiger partial charge in [0.1, 0.15) is 12.3 Å². The summed E-state index contributed by atoms with van der Waals surface area (Å²) in [6, 6.07) is 12.4. The number of nitrogens with zero attached hydrogens (tertiary/aromatic N) is 2. The zero-order valence-corrected chi connectivity index (χ0v) is 16.7. The van der Waals surface area contributed by atoms with Gasteiger partial charge < -0.3 is 14.8 Å². The lowest BCUT2D eigenvalue weighted by atomic mass is 10.3. The summed E-state index contributed by atoms with van der Waals surface area (Å²) in [5.74, 6) is -1.40. The predicted molar refractivity (Wildman–Crippen MR) is 109 cm³/mol. The Labute approximate surface area is 176 Å². The summed E-state index contributed by atoms with van der Waals surface area (Å²) in [6.45, 7) is -1.36. The fourth-order valence-corrected chi connectivity index (χ4v) is 3.10. The number of carbonyl (C=O) groups is 2. The summed E-state index contributed by atoms with van der Waals surface area (Å²) in [5.41, 5.74) is 1.32. The lowest BCUT2D eigenvalue weighted by Gasteiger charge is -2.08. The minimum Gasteiger partial charge on any atom is -0.454 e. The first-order valence-corrected chi connectivity index (χ1v) is 9.57. The standard InChI is InChI=1S/C21H21F2N3O5/c1-2-11-25-16-5-3-4-6-17(16)26(21(25)29)12-19(28)30-13-18(27)24-14-7-9-15(10-8-14)31-20(22)23/h3-10,20H,2,11-13H2,1H3,(H,24,27). The zero-order valence-electron chi connectivity index (χ0n) is 16.7. The first-order valence-electron chi connectivity index (χ1n) is 9.57. The maximum absolute atomic E-state index is 12.7. The van der Waals surface area contributed by atoms with Crippen LogP contribution in [0, 0.1) is 0 Å². The number of hydrogen-bond donors (Lipinski definition) is 1. The molecule has 1 N–H and O–H groups in total. The van der Waals surface area contributed by atoms with E-state index in [1.165, 1.54) is 28.8 Å². The van der Waals surface area contributed by atoms with Gasteiger partial charge >= 0.3 is 18.3 Å². The molecule has 0 radical (unpaired) electrons. The molecule has 10 heteroatoms. The summed E-state index contributed by atoms with van der Waals surface area (Å²) < 4.78 is 36.4. The van der Waals surface area contributed by atoms with Crippen LogP contribution in [0.15, 0.2) is 53.3 Å². The lowest BCUT2D eigenvalue weighted by molar-refractivity contribution is -0.147. The van der Waals surface area contributed by atoms with Crippen LogP contribution in [0.25, 0.3) is 11.0 Å². The number of esters is 1. The summed E-state index contributed by atoms with van der Waals surface area (Å²) in [7, 11) is 0. The van der Waals surface area contributed by atoms with Gasteiger partial charge in [-0.2, -0.15) is 8.78 Å². The molecule has 3 rings (SSSR count). The molecule has 0 aliphatic rings. The molecule has 0 spiro atoms. The molecule has 0 fully saturated rings. The van der Waals surface area contributed by atoms with Crippen molar-refractivity contribution in [2.45, 2.75) is 33.0 Å². The number of aromatic nitrogens is 2. The van der Waals surface area contributed by atoms with Crippen LogP contribution in [0.5, 0.6) is 5.75 Å². The van der Waals surface area contributed by atoms with Gasteiger partial charge in [-0.3, -0.25) is 18.7 Å². The van der Waals surface area contributed by atoms with Gasteiger partial charge in [0.15, 0.2) is 6.61 Å². The van der Waals surface area contributed by atoms with Crippen molar-refractivity contribution in [2.75, 3.05) is 11.9 Å². The quantitative estimate of drug-likeness (QED) is 0.524. The van der Waals surface area contributed by atoms with Gasteiger partial charge in [-0.25, -0.2) is 4.79 Å². The van der Waals surface area contributed by atoms with E-state index in [4.69, 9.17) is 4.74 Å². The van der Waals surface area contributed by atoms with Gasteiger partial charge in [0.25, 0.3) is 5.91 Å². The third-order valence-corrected chi connectivity index (χ3v) is 4.39. The molecule has 164 valence electrons. The van der Waals surface area contributed by atoms with E-state index < -0.39 is 25.1 Å². The van der Waals surface area contributed by atoms with E-state index >= 15 is 0 Å². The molecular weight excluding hydrogens is 412 g/mol. The van der Waals surface area contributed by atoms with Crippen molar-refractivity contribution in [3.05, 3.63) is 59.0 Å². The minimum atomic E-state index is -2.94. The molecule has 3 aromatic rings. The highest BCUT2D eigenvalue weighted by atomic mass is 19.3. The molecule has 1 heterocycles. The Hall–Kier alpha value is -3.69. The Morgan fingerprint density at radius 3 is 2.29 bits per heavy atom. The van der Waals surface area contributed by atoms with Gasteiger partial charge in [0.2, 0.25) is 0 Å². The van der Waals surface area contributed by atoms with E-state index in [0.29, 0.717) is 17.7 Å². The van der Waals surface area contributed by atoms with E-state index in [1.54, 1.807) is 22.8 Å². The van der Waals surface area contributed by atoms with Crippen molar-refractivity contribution in [1.82, 2.24) is 9.13 Å². The van der Waals surface area contributed by atoms with Crippen LogP contribution in [0.2, 0.25) is 0 Å². The smallest absolute Gasteiger partial charge is 0.387 e. The van der Waals surface area contributed by atoms with Crippen LogP contribution in [0.3, 0.4) is 0 Å². The van der Waals surface area contributed by atoms with Crippen LogP contribution in [0.4, 0.5) is 14.5 Å². The first-order chi connectivity index (χ1) is 14.9. The van der Waals surface area contributed by atoms with Crippen LogP contribution in [-0.4, -0.2) is 34.2 Å². The second-order valence-electron chi connectivity index (χ2n) is 6.62. The van der Waals surface area contributed by atoms with Crippen molar-refractivity contribution in [3.63, 3.8) is 0 Å². The lowest BCUT2D eigenvalue weighted by Crippen LogP contribution is -2.29. The van der Waals surface area contributed by atoms with Crippen molar-refractivity contribution in [2.24, 2.45) is 0 Å². The number of anilines is 1. The topological polar surface area (TPSA) is 91.6 Å². The SMILES string of the molecule is CCCn1c(=O)n(CC(=O)OCC(=O)Nc2ccc(OC(F)F)cc2)c2ccccc21. The Morgan fingerprint density at radius 2 is 1.68 bits per heavy atom. The van der Waals surface area contributed by atoms with Crippen LogP contribution < -0.4 is 15.7 Å². The van der Waals surface area contributed by atoms with E-state index in [2.05, 4.69) is 10.1 Å². The molecule has 0 bridgehead atoms. The molecule has 31 heavy (non-hydrogen) atoms. The maximum atomic E-state index is 12.7. The number of benzene rings is 2. The number of amides is 1. The number of ether oxygens (including phenoxy) is 2. The van der Waals surface area contributed by atoms with Gasteiger partial charge in [0, 0.05) is 12.2 Å². The number of alkyl halides is 2. The summed E-state index contributed by atoms with van der Waals surface area (Å²) in [4.78, 5) is 36.9. The van der Waals surface area contributed by atoms with Crippen molar-refractivity contribution >= 4 is 28.6 Å². The Morgan fingerprint density at radius 1 is 1.03 bits per heavy atom. The van der Waals surface area contributed by atoms with Gasteiger partial charge in [-0.1, -0.05) is 19.1 Å². The summed E-state index contributed by atoms with van der Waals surface area (Å²) in [6.07, 6.45) is 0.758. The minimum absolute atomic E-state index is 0.0490. The number of hydrogen-bond acceptors (Lipinski definition) is 5. The highest BCUT2D eigenvalue weighted by Gasteiger charge is 2.16. The largest absolute Gasteiger partial charge is 0.454 e. The van der Waals surface area contributed by atoms with E-state index in [0.717, 1.165) is 11.9 Å². The fraction of sp³-hybridized carbons (Fsp3) is 0.286. The first kappa shape index (κ1) is 22.0. The zero-order chi connectivity index (χ0) is 22.4. The number of halogens is 2. The molecule has 1 aromatic heterocycles. The number of para-hydroxylation sites is 2. The Kier molecular flexibility index (Phi) is 7.01. The van der Waals surface area contributed by atoms with Crippen molar-refractivity contribution < 1.29 is 27.8 Å². The normalized spacial score (nSPS) is 11.0. The number of rotatable bonds is 9. The van der Waals surface area contributed by atoms with Gasteiger partial charge in [-0.05, 0) is 42.8 Å². The third kappa shape index (κ3) is 5.47. The summed E-state index contributed by atoms with van der Waals surface area (Å²) in [5, 5.41) is 2.47. The molecule has 1 amide bonds. The second-order valence-corrected chi connectivity index (χ2v) is 6.62. The van der Waals surface area contributed by atoms with Gasteiger partial charge in [-0.15, -0.1) is 0 Å². The fourth-order valence-electron chi connectivity index (χ4n) is 3.10. The molecule has 0 aliphatic heterocycles. The number of nitrogens with one attached hydrogen (secondary N) is 1. The molecule has 0 atom stereocenters. The van der Waals surface area contributed by atoms with E-state index in [1.807, 2.05) is 13.0 Å². The number of carbonyl (C=O) groups excluding carboxylic acids is 2. The molecule has 0 saturated carbocycles. The van der Waals surface area contributed by atoms with Crippen LogP contribution in [0.1, 0.15) is 13.3 Å². The van der Waals surface area contributed by atoms with Crippen molar-refractivity contribution in [3.8, 4) is 5.75 Å². The predicted octanol–water partition coefficient (Wildman–Crippen LogP) is 3.00. The Balaban J connectivity index is 1.59. The molecule has 0 unspecified atom stereocenters. The second kappa shape index (κ2) is 9.88. The van der Waals surface area contributed by atoms with Crippen LogP contribution >= 0.6 is 0 Å². The molecule has 0 saturated heterocycles. The highest BCUT2D eigenvalue weighted by Crippen LogP contribution is 2.17. The molecule has 2 aromatic carbocycles. The van der Waals surface area contributed by atoms with Crippen LogP contribution in [-0.2, 0) is 27.4 Å². The van der Waals surface area contributed by atoms with Gasteiger partial charge in [0.05, 0.1) is 11.0 Å². The maximum Gasteiger partial charge on any atom is 0.387 e. The third-order valence-electron chi connectivity index (χ3n) is 4.39. The van der Waals surface area contributed by atoms with E-state index in [9.17, 15) is 23.2 Å². The highest BCUT2D eigenvalue weighted by molar-refractivity contribution is 5.92. The average molecular weight is 433 g/mol. The number of fused-ring (bicyclic) bond motifs is 1. The molecule has 8 nitrogen and oxygen atoms in total. The monoisotopic (exact) mass is 433 g/mol. The van der Waals surface area contributed by atoms with Crippen molar-refractivity contribution in [1.29, 1.82) is 0 Å². The average Bonchev–Trinajstić information content (AvgIpc) is 3.00. The molecular formula is C21H21F2N3O5. The number of aryl methyl sites for hydroxylation is 1. The molecule has 0 aliphatic carbocycles. The Bertz CT molecular complexity index is 1120.